The molecule has 1 aliphatic heterocycles. The van der Waals surface area contributed by atoms with Crippen LogP contribution in [-0.4, -0.2) is 17.4 Å². The molecule has 0 bridgehead atoms. The summed E-state index contributed by atoms with van der Waals surface area (Å²) in [6.07, 6.45) is 3.95. The number of nitrogens with zero attached hydrogens (tertiary/aromatic N) is 1. The van der Waals surface area contributed by atoms with Crippen LogP contribution in [0.3, 0.4) is 0 Å². The monoisotopic (exact) mass is 335 g/mol. The van der Waals surface area contributed by atoms with E-state index in [0.29, 0.717) is 12.3 Å². The number of urea groups is 1. The van der Waals surface area contributed by atoms with Gasteiger partial charge in [-0.25, -0.2) is 4.79 Å². The van der Waals surface area contributed by atoms with Crippen molar-refractivity contribution in [2.24, 2.45) is 0 Å². The molecule has 4 rings (SSSR count). The zero-order valence-electron chi connectivity index (χ0n) is 13.4. The fraction of sp³-hybridized carbons (Fsp3) is 0.105. The number of carbonyl (C=O) groups is 1. The number of benzene rings is 2. The van der Waals surface area contributed by atoms with E-state index in [-0.39, 0.29) is 12.8 Å². The van der Waals surface area contributed by atoms with Crippen molar-refractivity contribution >= 4 is 11.7 Å². The van der Waals surface area contributed by atoms with Crippen LogP contribution < -0.4 is 20.1 Å². The van der Waals surface area contributed by atoms with Gasteiger partial charge in [0.05, 0.1) is 0 Å². The fourth-order valence-corrected chi connectivity index (χ4v) is 2.63. The van der Waals surface area contributed by atoms with E-state index in [1.165, 1.54) is 0 Å². The minimum atomic E-state index is -0.258. The summed E-state index contributed by atoms with van der Waals surface area (Å²) in [7, 11) is 0. The Morgan fingerprint density at radius 3 is 2.56 bits per heavy atom. The van der Waals surface area contributed by atoms with E-state index < -0.39 is 0 Å². The van der Waals surface area contributed by atoms with Crippen molar-refractivity contribution in [1.82, 2.24) is 9.88 Å². The molecule has 2 heterocycles. The van der Waals surface area contributed by atoms with Crippen LogP contribution in [0.5, 0.6) is 11.5 Å². The molecule has 0 saturated carbocycles. The molecule has 0 aliphatic carbocycles. The van der Waals surface area contributed by atoms with Gasteiger partial charge in [-0.15, -0.1) is 0 Å². The minimum absolute atomic E-state index is 0.242. The topological polar surface area (TPSA) is 64.5 Å². The first-order valence-corrected chi connectivity index (χ1v) is 7.95. The molecule has 3 aromatic rings. The standard InChI is InChI=1S/C19H17N3O3/c23-19(20-12-14-3-8-17-18(11-14)25-13-24-17)21-15-4-6-16(7-5-15)22-9-1-2-10-22/h1-11H,12-13H2,(H2,20,21,23). The number of aromatic nitrogens is 1. The van der Waals surface area contributed by atoms with Crippen molar-refractivity contribution in [2.45, 2.75) is 6.54 Å². The van der Waals surface area contributed by atoms with Crippen molar-refractivity contribution in [3.05, 3.63) is 72.6 Å². The van der Waals surface area contributed by atoms with E-state index in [0.717, 1.165) is 22.7 Å². The van der Waals surface area contributed by atoms with Crippen molar-refractivity contribution in [3.8, 4) is 17.2 Å². The Morgan fingerprint density at radius 1 is 1.00 bits per heavy atom. The summed E-state index contributed by atoms with van der Waals surface area (Å²) in [5, 5.41) is 5.65. The van der Waals surface area contributed by atoms with Gasteiger partial charge in [-0.3, -0.25) is 0 Å². The van der Waals surface area contributed by atoms with Crippen molar-refractivity contribution in [2.75, 3.05) is 12.1 Å². The van der Waals surface area contributed by atoms with E-state index in [4.69, 9.17) is 9.47 Å². The van der Waals surface area contributed by atoms with Gasteiger partial charge in [-0.1, -0.05) is 6.07 Å². The van der Waals surface area contributed by atoms with Crippen LogP contribution in [0.1, 0.15) is 5.56 Å². The van der Waals surface area contributed by atoms with Gasteiger partial charge in [0.2, 0.25) is 6.79 Å². The average molecular weight is 335 g/mol. The molecule has 6 nitrogen and oxygen atoms in total. The number of anilines is 1. The lowest BCUT2D eigenvalue weighted by atomic mass is 10.2. The van der Waals surface area contributed by atoms with Gasteiger partial charge >= 0.3 is 6.03 Å². The number of hydrogen-bond acceptors (Lipinski definition) is 3. The van der Waals surface area contributed by atoms with Crippen molar-refractivity contribution in [3.63, 3.8) is 0 Å². The third-order valence-corrected chi connectivity index (χ3v) is 3.92. The molecule has 0 spiro atoms. The molecule has 2 aromatic carbocycles. The second-order valence-corrected chi connectivity index (χ2v) is 5.63. The van der Waals surface area contributed by atoms with Crippen molar-refractivity contribution < 1.29 is 14.3 Å². The molecule has 0 unspecified atom stereocenters. The van der Waals surface area contributed by atoms with Crippen LogP contribution in [0.15, 0.2) is 67.0 Å². The van der Waals surface area contributed by atoms with Gasteiger partial charge < -0.3 is 24.7 Å². The molecule has 2 N–H and O–H groups in total. The summed E-state index contributed by atoms with van der Waals surface area (Å²) in [5.41, 5.74) is 2.72. The Labute approximate surface area is 145 Å². The smallest absolute Gasteiger partial charge is 0.319 e. The zero-order chi connectivity index (χ0) is 17.1. The van der Waals surface area contributed by atoms with Gasteiger partial charge in [-0.05, 0) is 54.1 Å². The first-order chi connectivity index (χ1) is 12.3. The highest BCUT2D eigenvalue weighted by Crippen LogP contribution is 2.32. The molecular weight excluding hydrogens is 318 g/mol. The van der Waals surface area contributed by atoms with Gasteiger partial charge in [0, 0.05) is 30.3 Å². The summed E-state index contributed by atoms with van der Waals surface area (Å²) in [5.74, 6) is 1.44. The van der Waals surface area contributed by atoms with Crippen LogP contribution >= 0.6 is 0 Å². The fourth-order valence-electron chi connectivity index (χ4n) is 2.63. The van der Waals surface area contributed by atoms with E-state index in [1.807, 2.05) is 71.6 Å². The first kappa shape index (κ1) is 15.1. The predicted octanol–water partition coefficient (Wildman–Crippen LogP) is 3.53. The molecule has 2 amide bonds. The molecule has 0 radical (unpaired) electrons. The Hall–Kier alpha value is -3.41. The molecule has 6 heteroatoms. The maximum Gasteiger partial charge on any atom is 0.319 e. The Kier molecular flexibility index (Phi) is 4.00. The van der Waals surface area contributed by atoms with Gasteiger partial charge in [0.15, 0.2) is 11.5 Å². The lowest BCUT2D eigenvalue weighted by molar-refractivity contribution is 0.174. The van der Waals surface area contributed by atoms with Crippen molar-refractivity contribution in [1.29, 1.82) is 0 Å². The van der Waals surface area contributed by atoms with Gasteiger partial charge in [-0.2, -0.15) is 0 Å². The quantitative estimate of drug-likeness (QED) is 0.767. The van der Waals surface area contributed by atoms with E-state index in [1.54, 1.807) is 0 Å². The Morgan fingerprint density at radius 2 is 1.76 bits per heavy atom. The highest BCUT2D eigenvalue weighted by atomic mass is 16.7. The lowest BCUT2D eigenvalue weighted by Gasteiger charge is -2.09. The molecule has 1 aromatic heterocycles. The van der Waals surface area contributed by atoms with Crippen LogP contribution in [0.4, 0.5) is 10.5 Å². The Bertz CT molecular complexity index is 873. The lowest BCUT2D eigenvalue weighted by Crippen LogP contribution is -2.28. The Balaban J connectivity index is 1.33. The number of fused-ring (bicyclic) bond motifs is 1. The summed E-state index contributed by atoms with van der Waals surface area (Å²) < 4.78 is 12.6. The minimum Gasteiger partial charge on any atom is -0.454 e. The van der Waals surface area contributed by atoms with Crippen LogP contribution in [0.2, 0.25) is 0 Å². The number of rotatable bonds is 4. The number of amides is 2. The van der Waals surface area contributed by atoms with Gasteiger partial charge in [0.1, 0.15) is 0 Å². The number of nitrogens with one attached hydrogen (secondary N) is 2. The third-order valence-electron chi connectivity index (χ3n) is 3.92. The zero-order valence-corrected chi connectivity index (χ0v) is 13.4. The summed E-state index contributed by atoms with van der Waals surface area (Å²) in [4.78, 5) is 12.0. The number of carbonyl (C=O) groups excluding carboxylic acids is 1. The second-order valence-electron chi connectivity index (χ2n) is 5.63. The van der Waals surface area contributed by atoms with Crippen LogP contribution in [0.25, 0.3) is 5.69 Å². The molecular formula is C19H17N3O3. The molecule has 0 saturated heterocycles. The normalized spacial score (nSPS) is 12.0. The molecule has 0 atom stereocenters. The maximum absolute atomic E-state index is 12.0. The average Bonchev–Trinajstić information content (AvgIpc) is 3.32. The largest absolute Gasteiger partial charge is 0.454 e. The van der Waals surface area contributed by atoms with Gasteiger partial charge in [0.25, 0.3) is 0 Å². The predicted molar refractivity (Wildman–Crippen MR) is 94.2 cm³/mol. The van der Waals surface area contributed by atoms with E-state index in [9.17, 15) is 4.79 Å². The third kappa shape index (κ3) is 3.42. The highest BCUT2D eigenvalue weighted by molar-refractivity contribution is 5.89. The number of ether oxygens (including phenoxy) is 2. The summed E-state index contributed by atoms with van der Waals surface area (Å²) >= 11 is 0. The summed E-state index contributed by atoms with van der Waals surface area (Å²) in [6, 6.07) is 16.9. The SMILES string of the molecule is O=C(NCc1ccc2c(c1)OCO2)Nc1ccc(-n2cccc2)cc1. The molecule has 1 aliphatic rings. The molecule has 126 valence electrons. The molecule has 25 heavy (non-hydrogen) atoms. The molecule has 0 fully saturated rings. The summed E-state index contributed by atoms with van der Waals surface area (Å²) in [6.45, 7) is 0.648. The number of hydrogen-bond donors (Lipinski definition) is 2. The maximum atomic E-state index is 12.0. The first-order valence-electron chi connectivity index (χ1n) is 7.95. The van der Waals surface area contributed by atoms with Crippen LogP contribution in [-0.2, 0) is 6.54 Å². The van der Waals surface area contributed by atoms with E-state index in [2.05, 4.69) is 10.6 Å². The van der Waals surface area contributed by atoms with E-state index >= 15 is 0 Å². The van der Waals surface area contributed by atoms with Crippen LogP contribution in [0, 0.1) is 0 Å². The highest BCUT2D eigenvalue weighted by Gasteiger charge is 2.13. The second kappa shape index (κ2) is 6.60.